The van der Waals surface area contributed by atoms with Gasteiger partial charge in [0.2, 0.25) is 11.8 Å². The van der Waals surface area contributed by atoms with Crippen LogP contribution in [-0.4, -0.2) is 54.3 Å². The monoisotopic (exact) mass is 484 g/mol. The smallest absolute Gasteiger partial charge is 0.251 e. The van der Waals surface area contributed by atoms with Crippen LogP contribution in [0.15, 0.2) is 54.6 Å². The minimum Gasteiger partial charge on any atom is -0.351 e. The fraction of sp³-hybridized carbons (Fsp3) is 0.423. The molecule has 0 radical (unpaired) electrons. The number of hydrogen-bond acceptors (Lipinski definition) is 4. The molecule has 7 nitrogen and oxygen atoms in total. The minimum atomic E-state index is -0.622. The second kappa shape index (κ2) is 12.5. The van der Waals surface area contributed by atoms with Crippen LogP contribution in [0.4, 0.5) is 5.69 Å². The number of anilines is 1. The molecule has 2 aromatic carbocycles. The number of halogens is 1. The first kappa shape index (κ1) is 25.7. The molecule has 1 aliphatic rings. The Labute approximate surface area is 206 Å². The summed E-state index contributed by atoms with van der Waals surface area (Å²) in [5.74, 6) is -0.526. The summed E-state index contributed by atoms with van der Waals surface area (Å²) in [7, 11) is 0. The second-order valence-electron chi connectivity index (χ2n) is 8.82. The van der Waals surface area contributed by atoms with Crippen molar-refractivity contribution in [2.45, 2.75) is 45.2 Å². The third-order valence-electron chi connectivity index (χ3n) is 6.25. The van der Waals surface area contributed by atoms with E-state index in [-0.39, 0.29) is 29.7 Å². The zero-order chi connectivity index (χ0) is 24.5. The lowest BCUT2D eigenvalue weighted by atomic mass is 9.96. The molecule has 1 aliphatic heterocycles. The third-order valence-corrected chi connectivity index (χ3v) is 6.50. The second-order valence-corrected chi connectivity index (χ2v) is 9.25. The van der Waals surface area contributed by atoms with Crippen molar-refractivity contribution in [2.75, 3.05) is 25.0 Å². The zero-order valence-electron chi connectivity index (χ0n) is 19.7. The van der Waals surface area contributed by atoms with E-state index >= 15 is 0 Å². The van der Waals surface area contributed by atoms with Crippen LogP contribution in [-0.2, 0) is 9.59 Å². The summed E-state index contributed by atoms with van der Waals surface area (Å²) in [6.07, 6.45) is 2.26. The van der Waals surface area contributed by atoms with Crippen LogP contribution >= 0.6 is 11.6 Å². The lowest BCUT2D eigenvalue weighted by Gasteiger charge is -2.33. The van der Waals surface area contributed by atoms with Crippen molar-refractivity contribution in [3.63, 3.8) is 0 Å². The van der Waals surface area contributed by atoms with Gasteiger partial charge in [-0.25, -0.2) is 0 Å². The first-order chi connectivity index (χ1) is 16.4. The standard InChI is InChI=1S/C26H33ClN4O3/c1-3-18(2)24(30-25(33)19-9-11-20(27)12-10-19)26(34)29-22-13-15-31(16-14-22)17-23(32)28-21-7-5-4-6-8-21/h4-12,18,22,24H,3,13-17H2,1-2H3,(H,28,32)(H,29,34)(H,30,33)/t18-,24+/m1/s1. The van der Waals surface area contributed by atoms with Gasteiger partial charge >= 0.3 is 0 Å². The molecular formula is C26H33ClN4O3. The van der Waals surface area contributed by atoms with Gasteiger partial charge in [0.15, 0.2) is 0 Å². The Balaban J connectivity index is 1.48. The van der Waals surface area contributed by atoms with E-state index in [9.17, 15) is 14.4 Å². The number of benzene rings is 2. The summed E-state index contributed by atoms with van der Waals surface area (Å²) in [4.78, 5) is 40.2. The highest BCUT2D eigenvalue weighted by Gasteiger charge is 2.29. The molecule has 0 spiro atoms. The van der Waals surface area contributed by atoms with E-state index in [1.807, 2.05) is 44.2 Å². The van der Waals surface area contributed by atoms with Crippen LogP contribution in [0, 0.1) is 5.92 Å². The van der Waals surface area contributed by atoms with Crippen molar-refractivity contribution in [1.29, 1.82) is 0 Å². The van der Waals surface area contributed by atoms with Crippen LogP contribution in [0.2, 0.25) is 5.02 Å². The average molecular weight is 485 g/mol. The molecule has 1 saturated heterocycles. The van der Waals surface area contributed by atoms with Crippen molar-refractivity contribution in [2.24, 2.45) is 5.92 Å². The Morgan fingerprint density at radius 2 is 1.68 bits per heavy atom. The molecule has 8 heteroatoms. The summed E-state index contributed by atoms with van der Waals surface area (Å²) in [5, 5.41) is 9.46. The summed E-state index contributed by atoms with van der Waals surface area (Å²) < 4.78 is 0. The van der Waals surface area contributed by atoms with Crippen molar-refractivity contribution in [3.8, 4) is 0 Å². The fourth-order valence-electron chi connectivity index (χ4n) is 3.98. The quantitative estimate of drug-likeness (QED) is 0.506. The molecule has 34 heavy (non-hydrogen) atoms. The predicted molar refractivity (Wildman–Crippen MR) is 135 cm³/mol. The Morgan fingerprint density at radius 1 is 1.03 bits per heavy atom. The zero-order valence-corrected chi connectivity index (χ0v) is 20.5. The van der Waals surface area contributed by atoms with Gasteiger partial charge < -0.3 is 16.0 Å². The molecule has 3 N–H and O–H groups in total. The van der Waals surface area contributed by atoms with Crippen molar-refractivity contribution in [3.05, 3.63) is 65.2 Å². The third kappa shape index (κ3) is 7.57. The van der Waals surface area contributed by atoms with Crippen LogP contribution in [0.1, 0.15) is 43.5 Å². The van der Waals surface area contributed by atoms with E-state index in [0.717, 1.165) is 38.0 Å². The molecule has 2 atom stereocenters. The van der Waals surface area contributed by atoms with Gasteiger partial charge in [0.25, 0.3) is 5.91 Å². The van der Waals surface area contributed by atoms with E-state index in [2.05, 4.69) is 20.9 Å². The van der Waals surface area contributed by atoms with Crippen LogP contribution in [0.25, 0.3) is 0 Å². The normalized spacial score (nSPS) is 16.3. The number of piperidine rings is 1. The number of carbonyl (C=O) groups excluding carboxylic acids is 3. The van der Waals surface area contributed by atoms with Gasteiger partial charge in [-0.1, -0.05) is 50.1 Å². The molecule has 3 rings (SSSR count). The Kier molecular flexibility index (Phi) is 9.48. The number of carbonyl (C=O) groups is 3. The molecule has 1 heterocycles. The highest BCUT2D eigenvalue weighted by molar-refractivity contribution is 6.30. The molecule has 3 amide bonds. The number of para-hydroxylation sites is 1. The number of likely N-dealkylation sites (tertiary alicyclic amines) is 1. The molecule has 2 aromatic rings. The lowest BCUT2D eigenvalue weighted by Crippen LogP contribution is -2.54. The van der Waals surface area contributed by atoms with Crippen molar-refractivity contribution < 1.29 is 14.4 Å². The number of nitrogens with zero attached hydrogens (tertiary/aromatic N) is 1. The number of amides is 3. The minimum absolute atomic E-state index is 0.0138. The summed E-state index contributed by atoms with van der Waals surface area (Å²) in [6, 6.07) is 15.4. The first-order valence-electron chi connectivity index (χ1n) is 11.8. The highest BCUT2D eigenvalue weighted by Crippen LogP contribution is 2.15. The summed E-state index contributed by atoms with van der Waals surface area (Å²) in [5.41, 5.74) is 1.25. The fourth-order valence-corrected chi connectivity index (χ4v) is 4.11. The van der Waals surface area contributed by atoms with E-state index in [4.69, 9.17) is 11.6 Å². The predicted octanol–water partition coefficient (Wildman–Crippen LogP) is 3.70. The molecular weight excluding hydrogens is 452 g/mol. The summed E-state index contributed by atoms with van der Waals surface area (Å²) >= 11 is 5.91. The van der Waals surface area contributed by atoms with Crippen LogP contribution < -0.4 is 16.0 Å². The SMILES string of the molecule is CC[C@@H](C)[C@H](NC(=O)c1ccc(Cl)cc1)C(=O)NC1CCN(CC(=O)Nc2ccccc2)CC1. The van der Waals surface area contributed by atoms with E-state index in [1.54, 1.807) is 24.3 Å². The number of rotatable bonds is 9. The van der Waals surface area contributed by atoms with Gasteiger partial charge in [0.1, 0.15) is 6.04 Å². The van der Waals surface area contributed by atoms with E-state index < -0.39 is 6.04 Å². The maximum atomic E-state index is 13.1. The Bertz CT molecular complexity index is 960. The van der Waals surface area contributed by atoms with Crippen LogP contribution in [0.3, 0.4) is 0 Å². The van der Waals surface area contributed by atoms with E-state index in [0.29, 0.717) is 17.1 Å². The highest BCUT2D eigenvalue weighted by atomic mass is 35.5. The molecule has 182 valence electrons. The van der Waals surface area contributed by atoms with Crippen molar-refractivity contribution in [1.82, 2.24) is 15.5 Å². The molecule has 0 aromatic heterocycles. The van der Waals surface area contributed by atoms with Gasteiger partial charge in [0.05, 0.1) is 6.54 Å². The Morgan fingerprint density at radius 3 is 2.29 bits per heavy atom. The topological polar surface area (TPSA) is 90.5 Å². The molecule has 0 aliphatic carbocycles. The molecule has 0 saturated carbocycles. The Hall–Kier alpha value is -2.90. The van der Waals surface area contributed by atoms with Gasteiger partial charge in [-0.2, -0.15) is 0 Å². The van der Waals surface area contributed by atoms with Crippen LogP contribution in [0.5, 0.6) is 0 Å². The maximum Gasteiger partial charge on any atom is 0.251 e. The first-order valence-corrected chi connectivity index (χ1v) is 12.2. The van der Waals surface area contributed by atoms with Crippen molar-refractivity contribution >= 4 is 35.0 Å². The van der Waals surface area contributed by atoms with Gasteiger partial charge in [0, 0.05) is 35.4 Å². The molecule has 0 unspecified atom stereocenters. The van der Waals surface area contributed by atoms with Gasteiger partial charge in [-0.05, 0) is 55.2 Å². The maximum absolute atomic E-state index is 13.1. The molecule has 0 bridgehead atoms. The summed E-state index contributed by atoms with van der Waals surface area (Å²) in [6.45, 7) is 5.72. The van der Waals surface area contributed by atoms with Gasteiger partial charge in [-0.3, -0.25) is 19.3 Å². The van der Waals surface area contributed by atoms with E-state index in [1.165, 1.54) is 0 Å². The average Bonchev–Trinajstić information content (AvgIpc) is 2.84. The lowest BCUT2D eigenvalue weighted by molar-refractivity contribution is -0.125. The van der Waals surface area contributed by atoms with Gasteiger partial charge in [-0.15, -0.1) is 0 Å². The number of hydrogen-bond donors (Lipinski definition) is 3. The molecule has 1 fully saturated rings. The largest absolute Gasteiger partial charge is 0.351 e. The number of nitrogens with one attached hydrogen (secondary N) is 3.